The predicted octanol–water partition coefficient (Wildman–Crippen LogP) is 5.04. The molecule has 0 radical (unpaired) electrons. The second-order valence-corrected chi connectivity index (χ2v) is 6.77. The molecule has 1 atom stereocenters. The Morgan fingerprint density at radius 1 is 1.00 bits per heavy atom. The topological polar surface area (TPSA) is 41.6 Å². The Balaban J connectivity index is 1.85. The van der Waals surface area contributed by atoms with Crippen LogP contribution in [0.15, 0.2) is 78.9 Å². The van der Waals surface area contributed by atoms with E-state index in [0.29, 0.717) is 24.6 Å². The van der Waals surface area contributed by atoms with Crippen molar-refractivity contribution in [3.63, 3.8) is 0 Å². The van der Waals surface area contributed by atoms with Crippen LogP contribution in [0.2, 0.25) is 0 Å². The molecule has 4 nitrogen and oxygen atoms in total. The monoisotopic (exact) mass is 392 g/mol. The zero-order chi connectivity index (χ0) is 20.6. The molecule has 1 N–H and O–H groups in total. The van der Waals surface area contributed by atoms with Crippen LogP contribution in [0.25, 0.3) is 0 Å². The molecule has 0 aliphatic heterocycles. The average molecular weight is 392 g/mol. The number of nitrogens with one attached hydrogen (secondary N) is 1. The Morgan fingerprint density at radius 2 is 1.66 bits per heavy atom. The number of carbonyl (C=O) groups excluding carboxylic acids is 1. The lowest BCUT2D eigenvalue weighted by Crippen LogP contribution is -2.34. The van der Waals surface area contributed by atoms with Crippen LogP contribution in [-0.4, -0.2) is 24.5 Å². The van der Waals surface area contributed by atoms with Gasteiger partial charge in [-0.05, 0) is 49.4 Å². The molecule has 0 unspecified atom stereocenters. The second kappa shape index (κ2) is 9.85. The molecule has 0 bridgehead atoms. The van der Waals surface area contributed by atoms with Crippen LogP contribution in [0.5, 0.6) is 5.75 Å². The number of likely N-dealkylation sites (N-methyl/N-ethyl adjacent to an activating group) is 1. The fraction of sp³-hybridized carbons (Fsp3) is 0.208. The van der Waals surface area contributed by atoms with E-state index >= 15 is 0 Å². The van der Waals surface area contributed by atoms with Crippen molar-refractivity contribution >= 4 is 11.6 Å². The number of amides is 1. The van der Waals surface area contributed by atoms with Crippen LogP contribution in [0, 0.1) is 5.82 Å². The minimum Gasteiger partial charge on any atom is -0.492 e. The average Bonchev–Trinajstić information content (AvgIpc) is 2.72. The summed E-state index contributed by atoms with van der Waals surface area (Å²) in [4.78, 5) is 15.2. The van der Waals surface area contributed by atoms with E-state index in [1.807, 2.05) is 73.5 Å². The third kappa shape index (κ3) is 5.42. The number of rotatable bonds is 8. The minimum absolute atomic E-state index is 0.159. The molecule has 5 heteroatoms. The highest BCUT2D eigenvalue weighted by atomic mass is 19.1. The molecule has 0 saturated heterocycles. The summed E-state index contributed by atoms with van der Waals surface area (Å²) in [6.07, 6.45) is 0. The largest absolute Gasteiger partial charge is 0.492 e. The van der Waals surface area contributed by atoms with Crippen LogP contribution < -0.4 is 10.1 Å². The first-order chi connectivity index (χ1) is 14.1. The highest BCUT2D eigenvalue weighted by Crippen LogP contribution is 2.28. The molecule has 0 heterocycles. The van der Waals surface area contributed by atoms with Crippen molar-refractivity contribution in [1.29, 1.82) is 0 Å². The van der Waals surface area contributed by atoms with Gasteiger partial charge in [0.05, 0.1) is 12.3 Å². The van der Waals surface area contributed by atoms with Gasteiger partial charge in [0.2, 0.25) is 5.91 Å². The number of nitrogens with zero attached hydrogens (tertiary/aromatic N) is 1. The van der Waals surface area contributed by atoms with Gasteiger partial charge in [0.15, 0.2) is 0 Å². The summed E-state index contributed by atoms with van der Waals surface area (Å²) in [5.74, 6) is 0.200. The summed E-state index contributed by atoms with van der Waals surface area (Å²) < 4.78 is 18.9. The van der Waals surface area contributed by atoms with Gasteiger partial charge in [-0.2, -0.15) is 0 Å². The summed E-state index contributed by atoms with van der Waals surface area (Å²) in [6, 6.07) is 22.8. The van der Waals surface area contributed by atoms with Crippen molar-refractivity contribution in [3.05, 3.63) is 95.8 Å². The van der Waals surface area contributed by atoms with Gasteiger partial charge in [-0.1, -0.05) is 54.6 Å². The minimum atomic E-state index is -0.518. The van der Waals surface area contributed by atoms with Gasteiger partial charge in [-0.3, -0.25) is 9.69 Å². The molecule has 1 amide bonds. The number of halogens is 1. The Hall–Kier alpha value is -3.18. The Morgan fingerprint density at radius 3 is 2.34 bits per heavy atom. The number of anilines is 1. The normalized spacial score (nSPS) is 11.9. The van der Waals surface area contributed by atoms with E-state index in [9.17, 15) is 9.18 Å². The lowest BCUT2D eigenvalue weighted by Gasteiger charge is -2.28. The van der Waals surface area contributed by atoms with Crippen LogP contribution >= 0.6 is 0 Å². The fourth-order valence-electron chi connectivity index (χ4n) is 3.26. The van der Waals surface area contributed by atoms with Crippen LogP contribution in [0.3, 0.4) is 0 Å². The standard InChI is InChI=1S/C24H25FN2O2/c1-3-29-22-12-8-7-11-21(22)26-24(28)23(19-9-5-4-6-10-19)27(2)17-18-13-15-20(25)16-14-18/h4-16,23H,3,17H2,1-2H3,(H,26,28)/t23-/m0/s1. The second-order valence-electron chi connectivity index (χ2n) is 6.77. The van der Waals surface area contributed by atoms with E-state index in [-0.39, 0.29) is 11.7 Å². The highest BCUT2D eigenvalue weighted by molar-refractivity contribution is 5.96. The summed E-state index contributed by atoms with van der Waals surface area (Å²) in [7, 11) is 1.88. The molecule has 3 aromatic rings. The number of hydrogen-bond acceptors (Lipinski definition) is 3. The first-order valence-corrected chi connectivity index (χ1v) is 9.60. The highest BCUT2D eigenvalue weighted by Gasteiger charge is 2.26. The molecule has 29 heavy (non-hydrogen) atoms. The van der Waals surface area contributed by atoms with Crippen molar-refractivity contribution in [3.8, 4) is 5.75 Å². The third-order valence-corrected chi connectivity index (χ3v) is 4.59. The van der Waals surface area contributed by atoms with Crippen molar-refractivity contribution in [1.82, 2.24) is 4.90 Å². The summed E-state index contributed by atoms with van der Waals surface area (Å²) >= 11 is 0. The molecule has 0 aliphatic rings. The molecule has 0 spiro atoms. The first kappa shape index (κ1) is 20.6. The number of benzene rings is 3. The number of para-hydroxylation sites is 2. The summed E-state index contributed by atoms with van der Waals surface area (Å²) in [6.45, 7) is 2.92. The Labute approximate surface area is 170 Å². The first-order valence-electron chi connectivity index (χ1n) is 9.60. The van der Waals surface area contributed by atoms with E-state index < -0.39 is 6.04 Å². The van der Waals surface area contributed by atoms with Crippen LogP contribution in [0.4, 0.5) is 10.1 Å². The van der Waals surface area contributed by atoms with E-state index in [2.05, 4.69) is 5.32 Å². The third-order valence-electron chi connectivity index (χ3n) is 4.59. The fourth-order valence-corrected chi connectivity index (χ4v) is 3.26. The van der Waals surface area contributed by atoms with Crippen molar-refractivity contribution in [2.24, 2.45) is 0 Å². The van der Waals surface area contributed by atoms with Crippen LogP contribution in [-0.2, 0) is 11.3 Å². The van der Waals surface area contributed by atoms with E-state index in [0.717, 1.165) is 11.1 Å². The molecule has 0 saturated carbocycles. The maximum atomic E-state index is 13.3. The van der Waals surface area contributed by atoms with E-state index in [1.165, 1.54) is 12.1 Å². The molecule has 0 aromatic heterocycles. The molecule has 0 fully saturated rings. The van der Waals surface area contributed by atoms with E-state index in [4.69, 9.17) is 4.74 Å². The maximum Gasteiger partial charge on any atom is 0.246 e. The van der Waals surface area contributed by atoms with Gasteiger partial charge in [0.1, 0.15) is 17.6 Å². The SMILES string of the molecule is CCOc1ccccc1NC(=O)[C@H](c1ccccc1)N(C)Cc1ccc(F)cc1. The molecule has 150 valence electrons. The number of ether oxygens (including phenoxy) is 1. The van der Waals surface area contributed by atoms with Crippen molar-refractivity contribution < 1.29 is 13.9 Å². The van der Waals surface area contributed by atoms with Gasteiger partial charge in [0, 0.05) is 6.54 Å². The van der Waals surface area contributed by atoms with Gasteiger partial charge in [-0.15, -0.1) is 0 Å². The lowest BCUT2D eigenvalue weighted by molar-refractivity contribution is -0.121. The number of hydrogen-bond donors (Lipinski definition) is 1. The molecular formula is C24H25FN2O2. The van der Waals surface area contributed by atoms with Crippen molar-refractivity contribution in [2.75, 3.05) is 19.0 Å². The van der Waals surface area contributed by atoms with Gasteiger partial charge in [0.25, 0.3) is 0 Å². The molecule has 3 aromatic carbocycles. The van der Waals surface area contributed by atoms with Gasteiger partial charge < -0.3 is 10.1 Å². The van der Waals surface area contributed by atoms with E-state index in [1.54, 1.807) is 12.1 Å². The molecule has 0 aliphatic carbocycles. The zero-order valence-corrected chi connectivity index (χ0v) is 16.6. The number of carbonyl (C=O) groups is 1. The smallest absolute Gasteiger partial charge is 0.246 e. The molecular weight excluding hydrogens is 367 g/mol. The zero-order valence-electron chi connectivity index (χ0n) is 16.6. The maximum absolute atomic E-state index is 13.3. The predicted molar refractivity (Wildman–Crippen MR) is 113 cm³/mol. The van der Waals surface area contributed by atoms with Gasteiger partial charge in [-0.25, -0.2) is 4.39 Å². The molecule has 3 rings (SSSR count). The van der Waals surface area contributed by atoms with Crippen molar-refractivity contribution in [2.45, 2.75) is 19.5 Å². The summed E-state index contributed by atoms with van der Waals surface area (Å²) in [5.41, 5.74) is 2.44. The Bertz CT molecular complexity index is 929. The van der Waals surface area contributed by atoms with Gasteiger partial charge >= 0.3 is 0 Å². The Kier molecular flexibility index (Phi) is 6.98. The lowest BCUT2D eigenvalue weighted by atomic mass is 10.0. The summed E-state index contributed by atoms with van der Waals surface area (Å²) in [5, 5.41) is 3.00. The van der Waals surface area contributed by atoms with Crippen LogP contribution in [0.1, 0.15) is 24.1 Å². The quantitative estimate of drug-likeness (QED) is 0.584.